The molecule has 1 aromatic heterocycles. The van der Waals surface area contributed by atoms with Crippen molar-refractivity contribution in [3.8, 4) is 0 Å². The van der Waals surface area contributed by atoms with E-state index in [1.807, 2.05) is 5.38 Å². The van der Waals surface area contributed by atoms with Gasteiger partial charge in [-0.05, 0) is 6.42 Å². The number of thiazole rings is 1. The highest BCUT2D eigenvalue weighted by Crippen LogP contribution is 2.18. The quantitative estimate of drug-likeness (QED) is 0.793. The van der Waals surface area contributed by atoms with Crippen molar-refractivity contribution in [3.63, 3.8) is 0 Å². The van der Waals surface area contributed by atoms with Crippen molar-refractivity contribution in [1.82, 2.24) is 15.2 Å². The molecule has 7 nitrogen and oxygen atoms in total. The number of piperazine rings is 1. The highest BCUT2D eigenvalue weighted by atomic mass is 32.1. The van der Waals surface area contributed by atoms with Crippen molar-refractivity contribution in [2.45, 2.75) is 12.5 Å². The number of carbonyl (C=O) groups excluding carboxylic acids is 1. The molecule has 0 spiro atoms. The zero-order chi connectivity index (χ0) is 15.2. The second-order valence-electron chi connectivity index (χ2n) is 4.65. The van der Waals surface area contributed by atoms with Crippen molar-refractivity contribution >= 4 is 28.5 Å². The molecule has 0 aromatic carbocycles. The van der Waals surface area contributed by atoms with E-state index in [1.165, 1.54) is 6.08 Å². The van der Waals surface area contributed by atoms with Crippen LogP contribution < -0.4 is 10.2 Å². The van der Waals surface area contributed by atoms with Gasteiger partial charge in [-0.25, -0.2) is 14.6 Å². The number of nitrogens with one attached hydrogen (secondary N) is 1. The molecule has 114 valence electrons. The number of rotatable bonds is 5. The van der Waals surface area contributed by atoms with Gasteiger partial charge < -0.3 is 20.2 Å². The van der Waals surface area contributed by atoms with Crippen molar-refractivity contribution in [2.24, 2.45) is 0 Å². The smallest absolute Gasteiger partial charge is 0.326 e. The average Bonchev–Trinajstić information content (AvgIpc) is 3.01. The van der Waals surface area contributed by atoms with Crippen LogP contribution in [0.15, 0.2) is 24.2 Å². The van der Waals surface area contributed by atoms with Gasteiger partial charge in [-0.2, -0.15) is 0 Å². The van der Waals surface area contributed by atoms with E-state index in [0.717, 1.165) is 5.13 Å². The lowest BCUT2D eigenvalue weighted by atomic mass is 10.2. The molecular formula is C13H18N4O3S. The fraction of sp³-hybridized carbons (Fsp3) is 0.462. The first kappa shape index (κ1) is 15.3. The topological polar surface area (TPSA) is 85.8 Å². The summed E-state index contributed by atoms with van der Waals surface area (Å²) >= 11 is 1.57. The summed E-state index contributed by atoms with van der Waals surface area (Å²) in [6.07, 6.45) is 3.45. The zero-order valence-electron chi connectivity index (χ0n) is 11.6. The number of carboxylic acid groups (broad SMARTS) is 1. The molecule has 2 N–H and O–H groups in total. The number of urea groups is 1. The zero-order valence-corrected chi connectivity index (χ0v) is 12.4. The summed E-state index contributed by atoms with van der Waals surface area (Å²) in [5.41, 5.74) is 0. The number of carboxylic acids is 1. The maximum atomic E-state index is 12.1. The van der Waals surface area contributed by atoms with Crippen molar-refractivity contribution in [2.75, 3.05) is 31.1 Å². The molecule has 1 saturated heterocycles. The predicted octanol–water partition coefficient (Wildman–Crippen LogP) is 1.00. The summed E-state index contributed by atoms with van der Waals surface area (Å²) in [7, 11) is 0. The standard InChI is InChI=1S/C13H18N4O3S/c1-2-3-10(11(18)19)15-12(20)16-5-7-17(8-6-16)13-14-4-9-21-13/h2,4,9-10H,1,3,5-8H2,(H,15,20)(H,18,19). The maximum Gasteiger partial charge on any atom is 0.326 e. The van der Waals surface area contributed by atoms with Gasteiger partial charge in [0.15, 0.2) is 5.13 Å². The Balaban J connectivity index is 1.85. The normalized spacial score (nSPS) is 16.4. The van der Waals surface area contributed by atoms with Crippen LogP contribution in [0.25, 0.3) is 0 Å². The number of carbonyl (C=O) groups is 2. The third kappa shape index (κ3) is 3.94. The number of nitrogens with zero attached hydrogens (tertiary/aromatic N) is 3. The Morgan fingerprint density at radius 2 is 2.19 bits per heavy atom. The first-order chi connectivity index (χ1) is 10.1. The second kappa shape index (κ2) is 7.07. The van der Waals surface area contributed by atoms with Crippen LogP contribution in [0.2, 0.25) is 0 Å². The molecule has 0 aliphatic carbocycles. The Bertz CT molecular complexity index is 498. The van der Waals surface area contributed by atoms with Gasteiger partial charge in [0, 0.05) is 37.8 Å². The monoisotopic (exact) mass is 310 g/mol. The van der Waals surface area contributed by atoms with Crippen LogP contribution in [0.4, 0.5) is 9.93 Å². The van der Waals surface area contributed by atoms with E-state index in [0.29, 0.717) is 26.2 Å². The minimum Gasteiger partial charge on any atom is -0.480 e. The van der Waals surface area contributed by atoms with Crippen molar-refractivity contribution < 1.29 is 14.7 Å². The molecular weight excluding hydrogens is 292 g/mol. The highest BCUT2D eigenvalue weighted by Gasteiger charge is 2.25. The fourth-order valence-electron chi connectivity index (χ4n) is 2.10. The number of amides is 2. The molecule has 21 heavy (non-hydrogen) atoms. The molecule has 1 aliphatic heterocycles. The predicted molar refractivity (Wildman–Crippen MR) is 80.7 cm³/mol. The lowest BCUT2D eigenvalue weighted by molar-refractivity contribution is -0.139. The van der Waals surface area contributed by atoms with Crippen molar-refractivity contribution in [3.05, 3.63) is 24.2 Å². The molecule has 0 saturated carbocycles. The summed E-state index contributed by atoms with van der Waals surface area (Å²) in [5.74, 6) is -1.05. The summed E-state index contributed by atoms with van der Waals surface area (Å²) < 4.78 is 0. The fourth-order valence-corrected chi connectivity index (χ4v) is 2.80. The van der Waals surface area contributed by atoms with E-state index in [4.69, 9.17) is 5.11 Å². The lowest BCUT2D eigenvalue weighted by Gasteiger charge is -2.35. The summed E-state index contributed by atoms with van der Waals surface area (Å²) in [6, 6.07) is -1.27. The third-order valence-electron chi connectivity index (χ3n) is 3.25. The van der Waals surface area contributed by atoms with Gasteiger partial charge in [-0.3, -0.25) is 0 Å². The Labute approximate surface area is 126 Å². The first-order valence-corrected chi connectivity index (χ1v) is 7.53. The van der Waals surface area contributed by atoms with E-state index in [1.54, 1.807) is 22.4 Å². The first-order valence-electron chi connectivity index (χ1n) is 6.65. The van der Waals surface area contributed by atoms with Gasteiger partial charge in [0.1, 0.15) is 6.04 Å². The minimum atomic E-state index is -1.05. The van der Waals surface area contributed by atoms with Gasteiger partial charge in [0.2, 0.25) is 0 Å². The van der Waals surface area contributed by atoms with Crippen LogP contribution in [0.3, 0.4) is 0 Å². The van der Waals surface area contributed by atoms with Crippen LogP contribution in [0, 0.1) is 0 Å². The molecule has 1 fully saturated rings. The van der Waals surface area contributed by atoms with E-state index in [9.17, 15) is 9.59 Å². The second-order valence-corrected chi connectivity index (χ2v) is 5.53. The van der Waals surface area contributed by atoms with Gasteiger partial charge in [0.25, 0.3) is 0 Å². The van der Waals surface area contributed by atoms with E-state index >= 15 is 0 Å². The van der Waals surface area contributed by atoms with Crippen molar-refractivity contribution in [1.29, 1.82) is 0 Å². The Morgan fingerprint density at radius 3 is 2.71 bits per heavy atom. The highest BCUT2D eigenvalue weighted by molar-refractivity contribution is 7.13. The Morgan fingerprint density at radius 1 is 1.48 bits per heavy atom. The third-order valence-corrected chi connectivity index (χ3v) is 4.09. The summed E-state index contributed by atoms with van der Waals surface area (Å²) in [6.45, 7) is 5.98. The number of aromatic nitrogens is 1. The van der Waals surface area contributed by atoms with E-state index in [2.05, 4.69) is 21.8 Å². The molecule has 2 rings (SSSR count). The largest absolute Gasteiger partial charge is 0.480 e. The van der Waals surface area contributed by atoms with Gasteiger partial charge >= 0.3 is 12.0 Å². The van der Waals surface area contributed by atoms with Crippen LogP contribution >= 0.6 is 11.3 Å². The molecule has 1 atom stereocenters. The van der Waals surface area contributed by atoms with E-state index in [-0.39, 0.29) is 12.5 Å². The Hall–Kier alpha value is -2.09. The van der Waals surface area contributed by atoms with Gasteiger partial charge in [-0.15, -0.1) is 17.9 Å². The Kier molecular flexibility index (Phi) is 5.15. The molecule has 0 bridgehead atoms. The molecule has 1 aliphatic rings. The molecule has 2 heterocycles. The lowest BCUT2D eigenvalue weighted by Crippen LogP contribution is -2.54. The molecule has 1 aromatic rings. The average molecular weight is 310 g/mol. The summed E-state index contributed by atoms with van der Waals surface area (Å²) in [4.78, 5) is 31.1. The van der Waals surface area contributed by atoms with E-state index < -0.39 is 12.0 Å². The van der Waals surface area contributed by atoms with Crippen LogP contribution in [-0.2, 0) is 4.79 Å². The van der Waals surface area contributed by atoms with Crippen LogP contribution in [-0.4, -0.2) is 59.2 Å². The van der Waals surface area contributed by atoms with Gasteiger partial charge in [-0.1, -0.05) is 6.08 Å². The van der Waals surface area contributed by atoms with Gasteiger partial charge in [0.05, 0.1) is 0 Å². The number of hydrogen-bond donors (Lipinski definition) is 2. The number of aliphatic carboxylic acids is 1. The molecule has 8 heteroatoms. The molecule has 1 unspecified atom stereocenters. The maximum absolute atomic E-state index is 12.1. The molecule has 2 amide bonds. The number of hydrogen-bond acceptors (Lipinski definition) is 5. The van der Waals surface area contributed by atoms with Crippen LogP contribution in [0.1, 0.15) is 6.42 Å². The summed E-state index contributed by atoms with van der Waals surface area (Å²) in [5, 5.41) is 14.4. The number of anilines is 1. The van der Waals surface area contributed by atoms with Crippen LogP contribution in [0.5, 0.6) is 0 Å². The minimum absolute atomic E-state index is 0.208. The SMILES string of the molecule is C=CCC(NC(=O)N1CCN(c2nccs2)CC1)C(=O)O. The molecule has 0 radical (unpaired) electrons.